The number of carbonyl (C=O) groups is 9. The number of nitrogens with zero attached hydrogens (tertiary/aromatic N) is 1. The number of aliphatic imine (C=N–C) groups is 1. The summed E-state index contributed by atoms with van der Waals surface area (Å²) < 4.78 is 0. The van der Waals surface area contributed by atoms with Crippen molar-refractivity contribution in [2.75, 3.05) is 25.1 Å². The zero-order valence-corrected chi connectivity index (χ0v) is 37.0. The smallest absolute Gasteiger partial charge is 0.303 e. The van der Waals surface area contributed by atoms with Crippen molar-refractivity contribution in [1.29, 1.82) is 0 Å². The van der Waals surface area contributed by atoms with E-state index in [0.29, 0.717) is 38.0 Å². The Bertz CT molecular complexity index is 1480. The number of nitrogens with one attached hydrogen (secondary N) is 6. The average molecular weight is 887 g/mol. The maximum Gasteiger partial charge on any atom is 0.303 e. The van der Waals surface area contributed by atoms with E-state index < -0.39 is 115 Å². The molecule has 1 aliphatic rings. The molecule has 6 amide bonds. The number of aliphatic hydroxyl groups is 1. The van der Waals surface area contributed by atoms with Gasteiger partial charge in [0.25, 0.3) is 0 Å². The number of ketones is 2. The number of nitrogens with two attached hydrogens (primary N) is 3. The summed E-state index contributed by atoms with van der Waals surface area (Å²) in [5.74, 6) is -8.46. The van der Waals surface area contributed by atoms with Crippen LogP contribution in [0.3, 0.4) is 0 Å². The summed E-state index contributed by atoms with van der Waals surface area (Å²) >= 11 is 1.37. The lowest BCUT2D eigenvalue weighted by molar-refractivity contribution is -0.140. The fourth-order valence-corrected chi connectivity index (χ4v) is 6.34. The fourth-order valence-electron chi connectivity index (χ4n) is 5.87. The van der Waals surface area contributed by atoms with E-state index in [0.717, 1.165) is 6.92 Å². The SMILES string of the molecule is CCCCC.CSCCC1NC(=O)[C@H](CCCN=C(N)N)NC(=O)C(CCC(=O)O)NC(=O)[C@H]([C@@H](C)O)NC(=O)C(CC(N)=O)NC(=O)CCCCCCNC(C)C(=O)C1=O. The van der Waals surface area contributed by atoms with Crippen molar-refractivity contribution in [3.63, 3.8) is 0 Å². The molecular weight excluding hydrogens is 817 g/mol. The fraction of sp³-hybridized carbons (Fsp3) is 0.744. The Morgan fingerprint density at radius 2 is 1.33 bits per heavy atom. The van der Waals surface area contributed by atoms with Crippen molar-refractivity contribution >= 4 is 70.7 Å². The van der Waals surface area contributed by atoms with Crippen LogP contribution in [0.2, 0.25) is 0 Å². The second-order valence-corrected chi connectivity index (χ2v) is 15.8. The number of rotatable bonds is 15. The minimum atomic E-state index is -1.78. The van der Waals surface area contributed by atoms with Gasteiger partial charge in [-0.25, -0.2) is 0 Å². The van der Waals surface area contributed by atoms with Gasteiger partial charge in [-0.1, -0.05) is 46.0 Å². The Morgan fingerprint density at radius 1 is 0.754 bits per heavy atom. The number of carbonyl (C=O) groups excluding carboxylic acids is 8. The van der Waals surface area contributed by atoms with Crippen molar-refractivity contribution in [3.05, 3.63) is 0 Å². The van der Waals surface area contributed by atoms with Gasteiger partial charge < -0.3 is 59.3 Å². The molecule has 1 heterocycles. The van der Waals surface area contributed by atoms with Crippen LogP contribution in [0.4, 0.5) is 0 Å². The number of amides is 6. The first-order chi connectivity index (χ1) is 28.8. The van der Waals surface area contributed by atoms with E-state index in [4.69, 9.17) is 17.2 Å². The van der Waals surface area contributed by atoms with Crippen molar-refractivity contribution in [2.24, 2.45) is 22.2 Å². The molecule has 0 saturated carbocycles. The zero-order chi connectivity index (χ0) is 46.5. The minimum absolute atomic E-state index is 0.0293. The van der Waals surface area contributed by atoms with Crippen molar-refractivity contribution in [3.8, 4) is 0 Å². The molecule has 61 heavy (non-hydrogen) atoms. The highest BCUT2D eigenvalue weighted by molar-refractivity contribution is 7.98. The third kappa shape index (κ3) is 24.9. The number of aliphatic carboxylic acids is 1. The van der Waals surface area contributed by atoms with E-state index >= 15 is 0 Å². The van der Waals surface area contributed by atoms with E-state index in [9.17, 15) is 53.4 Å². The molecule has 348 valence electrons. The Morgan fingerprint density at radius 3 is 1.87 bits per heavy atom. The number of thioether (sulfide) groups is 1. The number of aliphatic hydroxyl groups excluding tert-OH is 1. The number of Topliss-reactive ketones (excluding diaryl/α,β-unsaturated/α-hetero) is 2. The molecule has 0 aliphatic carbocycles. The second-order valence-electron chi connectivity index (χ2n) is 14.8. The molecule has 0 aromatic carbocycles. The topological polar surface area (TPSA) is 357 Å². The van der Waals surface area contributed by atoms with Gasteiger partial charge in [0.15, 0.2) is 5.96 Å². The number of primary amides is 1. The maximum atomic E-state index is 13.8. The molecule has 0 radical (unpaired) electrons. The molecule has 0 aromatic heterocycles. The number of carboxylic acid groups (broad SMARTS) is 1. The monoisotopic (exact) mass is 886 g/mol. The van der Waals surface area contributed by atoms with Crippen LogP contribution in [0.15, 0.2) is 4.99 Å². The van der Waals surface area contributed by atoms with E-state index in [1.807, 2.05) is 0 Å². The first-order valence-electron chi connectivity index (χ1n) is 20.8. The van der Waals surface area contributed by atoms with Crippen LogP contribution in [0.25, 0.3) is 0 Å². The molecule has 21 nitrogen and oxygen atoms in total. The normalized spacial score (nSPS) is 23.8. The van der Waals surface area contributed by atoms with Gasteiger partial charge >= 0.3 is 5.97 Å². The van der Waals surface area contributed by atoms with Crippen LogP contribution in [0, 0.1) is 0 Å². The molecule has 14 N–H and O–H groups in total. The summed E-state index contributed by atoms with van der Waals surface area (Å²) in [6, 6.07) is -8.53. The number of hydrogen-bond donors (Lipinski definition) is 11. The molecule has 1 saturated heterocycles. The second kappa shape index (κ2) is 32.0. The van der Waals surface area contributed by atoms with Gasteiger partial charge in [0.05, 0.1) is 24.6 Å². The van der Waals surface area contributed by atoms with Crippen LogP contribution >= 0.6 is 11.8 Å². The summed E-state index contributed by atoms with van der Waals surface area (Å²) in [6.07, 6.45) is 4.72. The third-order valence-electron chi connectivity index (χ3n) is 9.35. The van der Waals surface area contributed by atoms with Gasteiger partial charge in [0.1, 0.15) is 24.2 Å². The molecular formula is C39H70N10O11S. The average Bonchev–Trinajstić information content (AvgIpc) is 3.19. The summed E-state index contributed by atoms with van der Waals surface area (Å²) in [5.41, 5.74) is 16.1. The molecule has 0 bridgehead atoms. The maximum absolute atomic E-state index is 13.8. The predicted molar refractivity (Wildman–Crippen MR) is 231 cm³/mol. The Hall–Kier alpha value is -4.83. The molecule has 22 heteroatoms. The summed E-state index contributed by atoms with van der Waals surface area (Å²) in [7, 11) is 0. The molecule has 4 unspecified atom stereocenters. The summed E-state index contributed by atoms with van der Waals surface area (Å²) in [6.45, 7) is 7.48. The van der Waals surface area contributed by atoms with E-state index in [2.05, 4.69) is 50.7 Å². The van der Waals surface area contributed by atoms with E-state index in [-0.39, 0.29) is 38.2 Å². The van der Waals surface area contributed by atoms with Crippen LogP contribution < -0.4 is 49.1 Å². The number of carboxylic acids is 1. The molecule has 1 aliphatic heterocycles. The number of hydrogen-bond acceptors (Lipinski definition) is 13. The first-order valence-corrected chi connectivity index (χ1v) is 22.2. The Labute approximate surface area is 362 Å². The van der Waals surface area contributed by atoms with Crippen LogP contribution in [-0.4, -0.2) is 137 Å². The molecule has 1 fully saturated rings. The molecule has 1 rings (SSSR count). The van der Waals surface area contributed by atoms with Gasteiger partial charge in [0, 0.05) is 19.4 Å². The standard InChI is InChI=1S/C34H58N10O11S.C5H12/c1-18-28(50)29(51)20(13-16-56-3)41-30(52)21(9-8-15-39-34(36)37)42-31(53)22(11-12-26(48)49)43-33(55)27(19(2)45)44-32(54)23(17-24(35)46)40-25(47)10-6-4-5-7-14-38-18;1-3-5-4-2/h18-23,27,38,45H,4-17H2,1-3H3,(H2,35,46)(H,40,47)(H,41,52)(H,42,53)(H,43,55)(H,44,54)(H,48,49)(H4,36,37,39);3-5H2,1-2H3/t18?,19-,20?,21+,22?,23?,27+;/m1./s1. The van der Waals surface area contributed by atoms with E-state index in [1.54, 1.807) is 6.26 Å². The van der Waals surface area contributed by atoms with Gasteiger partial charge in [-0.2, -0.15) is 11.8 Å². The van der Waals surface area contributed by atoms with Gasteiger partial charge in [-0.05, 0) is 70.9 Å². The van der Waals surface area contributed by atoms with Crippen LogP contribution in [-0.2, 0) is 43.2 Å². The van der Waals surface area contributed by atoms with Gasteiger partial charge in [0.2, 0.25) is 47.0 Å². The lowest BCUT2D eigenvalue weighted by Gasteiger charge is -2.28. The summed E-state index contributed by atoms with van der Waals surface area (Å²) in [4.78, 5) is 121. The molecule has 0 aromatic rings. The quantitative estimate of drug-likeness (QED) is 0.0391. The van der Waals surface area contributed by atoms with Gasteiger partial charge in [-0.15, -0.1) is 0 Å². The summed E-state index contributed by atoms with van der Waals surface area (Å²) in [5, 5.41) is 34.9. The Balaban J connectivity index is 0.00000676. The highest BCUT2D eigenvalue weighted by Crippen LogP contribution is 2.10. The lowest BCUT2D eigenvalue weighted by Crippen LogP contribution is -2.61. The Kier molecular flexibility index (Phi) is 29.4. The van der Waals surface area contributed by atoms with Gasteiger partial charge in [-0.3, -0.25) is 48.1 Å². The lowest BCUT2D eigenvalue weighted by atomic mass is 10.0. The van der Waals surface area contributed by atoms with Crippen molar-refractivity contribution in [1.82, 2.24) is 31.9 Å². The minimum Gasteiger partial charge on any atom is -0.481 e. The highest BCUT2D eigenvalue weighted by atomic mass is 32.2. The van der Waals surface area contributed by atoms with Crippen molar-refractivity contribution < 1.29 is 53.4 Å². The number of guanidine groups is 1. The van der Waals surface area contributed by atoms with E-state index in [1.165, 1.54) is 37.9 Å². The third-order valence-corrected chi connectivity index (χ3v) is 9.99. The predicted octanol–water partition coefficient (Wildman–Crippen LogP) is -1.39. The van der Waals surface area contributed by atoms with Crippen LogP contribution in [0.5, 0.6) is 0 Å². The molecule has 0 spiro atoms. The first kappa shape index (κ1) is 56.2. The number of unbranched alkanes of at least 4 members (excludes halogenated alkanes) is 2. The largest absolute Gasteiger partial charge is 0.481 e. The highest BCUT2D eigenvalue weighted by Gasteiger charge is 2.36. The van der Waals surface area contributed by atoms with Crippen LogP contribution in [0.1, 0.15) is 118 Å². The zero-order valence-electron chi connectivity index (χ0n) is 36.2. The molecule has 7 atom stereocenters. The van der Waals surface area contributed by atoms with Crippen molar-refractivity contribution in [2.45, 2.75) is 160 Å².